The maximum atomic E-state index is 11.7. The second-order valence-electron chi connectivity index (χ2n) is 3.97. The number of benzene rings is 1. The largest absolute Gasteiger partial charge is 0.399 e. The van der Waals surface area contributed by atoms with Crippen molar-refractivity contribution in [3.8, 4) is 0 Å². The summed E-state index contributed by atoms with van der Waals surface area (Å²) in [5, 5.41) is 0. The van der Waals surface area contributed by atoms with Crippen LogP contribution in [0.15, 0.2) is 41.6 Å². The Morgan fingerprint density at radius 3 is 2.56 bits per heavy atom. The molecule has 1 aromatic carbocycles. The molecule has 0 unspecified atom stereocenters. The van der Waals surface area contributed by atoms with Crippen molar-refractivity contribution in [2.45, 2.75) is 0 Å². The van der Waals surface area contributed by atoms with E-state index in [1.807, 2.05) is 30.4 Å². The first-order valence-electron chi connectivity index (χ1n) is 5.00. The number of allylic oxidation sites excluding steroid dienone is 4. The fraction of sp³-hybridized carbons (Fsp3) is 0. The highest BCUT2D eigenvalue weighted by atomic mass is 16.1. The second-order valence-corrected chi connectivity index (χ2v) is 3.97. The minimum atomic E-state index is -0.0372. The summed E-state index contributed by atoms with van der Waals surface area (Å²) in [4.78, 5) is 11.7. The average molecular weight is 210 g/mol. The molecule has 0 fully saturated rings. The maximum absolute atomic E-state index is 11.7. The van der Waals surface area contributed by atoms with E-state index in [-0.39, 0.29) is 5.78 Å². The monoisotopic (exact) mass is 210 g/mol. The molecule has 0 aromatic heterocycles. The molecule has 78 valence electrons. The molecule has 16 heavy (non-hydrogen) atoms. The Balaban J connectivity index is 2.26. The molecule has 0 saturated carbocycles. The zero-order valence-corrected chi connectivity index (χ0v) is 8.53. The van der Waals surface area contributed by atoms with E-state index in [9.17, 15) is 4.79 Å². The number of hydrogen-bond donors (Lipinski definition) is 2. The predicted octanol–water partition coefficient (Wildman–Crippen LogP) is 1.47. The average Bonchev–Trinajstić information content (AvgIpc) is 2.57. The number of nitrogens with two attached hydrogens (primary N) is 2. The van der Waals surface area contributed by atoms with Crippen molar-refractivity contribution in [2.75, 3.05) is 5.73 Å². The van der Waals surface area contributed by atoms with Gasteiger partial charge in [0, 0.05) is 23.0 Å². The summed E-state index contributed by atoms with van der Waals surface area (Å²) < 4.78 is 0. The lowest BCUT2D eigenvalue weighted by atomic mass is 9.95. The van der Waals surface area contributed by atoms with E-state index in [2.05, 4.69) is 0 Å². The molecule has 0 amide bonds. The van der Waals surface area contributed by atoms with Gasteiger partial charge in [-0.15, -0.1) is 0 Å². The molecule has 0 saturated heterocycles. The standard InChI is InChI=1S/C13H10N2O/c14-8-2-1-7-3-12-11(10(7)4-8)5-9(15)6-13(12)16/h1-6H,14-15H2. The van der Waals surface area contributed by atoms with Gasteiger partial charge >= 0.3 is 0 Å². The predicted molar refractivity (Wildman–Crippen MR) is 64.1 cm³/mol. The van der Waals surface area contributed by atoms with Crippen LogP contribution in [0.25, 0.3) is 11.6 Å². The van der Waals surface area contributed by atoms with Gasteiger partial charge in [-0.25, -0.2) is 0 Å². The van der Waals surface area contributed by atoms with Crippen molar-refractivity contribution in [2.24, 2.45) is 5.73 Å². The molecule has 3 nitrogen and oxygen atoms in total. The lowest BCUT2D eigenvalue weighted by molar-refractivity contribution is -0.110. The Kier molecular flexibility index (Phi) is 1.60. The number of anilines is 1. The first-order valence-corrected chi connectivity index (χ1v) is 5.00. The molecule has 0 heterocycles. The third kappa shape index (κ3) is 1.11. The summed E-state index contributed by atoms with van der Waals surface area (Å²) in [5.74, 6) is -0.0372. The fourth-order valence-corrected chi connectivity index (χ4v) is 2.11. The Morgan fingerprint density at radius 1 is 0.938 bits per heavy atom. The van der Waals surface area contributed by atoms with Crippen LogP contribution < -0.4 is 11.5 Å². The zero-order valence-electron chi connectivity index (χ0n) is 8.53. The summed E-state index contributed by atoms with van der Waals surface area (Å²) in [6, 6.07) is 5.62. The van der Waals surface area contributed by atoms with Crippen LogP contribution in [-0.2, 0) is 4.79 Å². The minimum absolute atomic E-state index is 0.0372. The zero-order chi connectivity index (χ0) is 11.3. The number of nitrogen functional groups attached to an aromatic ring is 1. The van der Waals surface area contributed by atoms with Gasteiger partial charge in [-0.2, -0.15) is 0 Å². The summed E-state index contributed by atoms with van der Waals surface area (Å²) in [6.45, 7) is 0. The first-order chi connectivity index (χ1) is 7.65. The Morgan fingerprint density at radius 2 is 1.75 bits per heavy atom. The number of ketones is 1. The van der Waals surface area contributed by atoms with Gasteiger partial charge < -0.3 is 11.5 Å². The van der Waals surface area contributed by atoms with E-state index in [0.29, 0.717) is 17.0 Å². The van der Waals surface area contributed by atoms with Crippen molar-refractivity contribution < 1.29 is 4.79 Å². The highest BCUT2D eigenvalue weighted by Crippen LogP contribution is 2.39. The van der Waals surface area contributed by atoms with Crippen molar-refractivity contribution in [1.29, 1.82) is 0 Å². The molecule has 0 aliphatic heterocycles. The van der Waals surface area contributed by atoms with Crippen molar-refractivity contribution in [3.63, 3.8) is 0 Å². The van der Waals surface area contributed by atoms with Gasteiger partial charge in [0.25, 0.3) is 0 Å². The SMILES string of the molecule is NC1=CC(=O)C2=Cc3ccc(N)cc3C2=C1. The second kappa shape index (κ2) is 2.85. The molecule has 0 atom stereocenters. The summed E-state index contributed by atoms with van der Waals surface area (Å²) in [7, 11) is 0. The molecule has 4 N–H and O–H groups in total. The van der Waals surface area contributed by atoms with E-state index in [1.165, 1.54) is 6.08 Å². The normalized spacial score (nSPS) is 17.2. The van der Waals surface area contributed by atoms with Gasteiger partial charge in [0.15, 0.2) is 5.78 Å². The lowest BCUT2D eigenvalue weighted by Crippen LogP contribution is -2.09. The van der Waals surface area contributed by atoms with Gasteiger partial charge in [0.05, 0.1) is 0 Å². The van der Waals surface area contributed by atoms with Crippen LogP contribution in [0.4, 0.5) is 5.69 Å². The summed E-state index contributed by atoms with van der Waals surface area (Å²) >= 11 is 0. The quantitative estimate of drug-likeness (QED) is 0.637. The topological polar surface area (TPSA) is 69.1 Å². The highest BCUT2D eigenvalue weighted by Gasteiger charge is 2.25. The first kappa shape index (κ1) is 8.97. The van der Waals surface area contributed by atoms with Crippen LogP contribution in [-0.4, -0.2) is 5.78 Å². The number of carbonyl (C=O) groups excluding carboxylic acids is 1. The number of rotatable bonds is 0. The molecule has 0 spiro atoms. The van der Waals surface area contributed by atoms with Crippen LogP contribution in [0.2, 0.25) is 0 Å². The van der Waals surface area contributed by atoms with Crippen molar-refractivity contribution in [3.05, 3.63) is 52.7 Å². The molecule has 2 aliphatic rings. The van der Waals surface area contributed by atoms with Gasteiger partial charge in [-0.05, 0) is 41.0 Å². The van der Waals surface area contributed by atoms with E-state index in [1.54, 1.807) is 0 Å². The van der Waals surface area contributed by atoms with E-state index in [4.69, 9.17) is 11.5 Å². The highest BCUT2D eigenvalue weighted by molar-refractivity contribution is 6.24. The van der Waals surface area contributed by atoms with E-state index < -0.39 is 0 Å². The molecule has 0 bridgehead atoms. The van der Waals surface area contributed by atoms with Crippen LogP contribution in [0, 0.1) is 0 Å². The Labute approximate surface area is 92.7 Å². The van der Waals surface area contributed by atoms with E-state index >= 15 is 0 Å². The fourth-order valence-electron chi connectivity index (χ4n) is 2.11. The van der Waals surface area contributed by atoms with Crippen LogP contribution in [0.3, 0.4) is 0 Å². The summed E-state index contributed by atoms with van der Waals surface area (Å²) in [6.07, 6.45) is 5.15. The van der Waals surface area contributed by atoms with Crippen molar-refractivity contribution in [1.82, 2.24) is 0 Å². The van der Waals surface area contributed by atoms with Gasteiger partial charge in [0.2, 0.25) is 0 Å². The van der Waals surface area contributed by atoms with Gasteiger partial charge in [0.1, 0.15) is 0 Å². The van der Waals surface area contributed by atoms with Gasteiger partial charge in [-0.3, -0.25) is 4.79 Å². The molecule has 1 aromatic rings. The molecule has 0 radical (unpaired) electrons. The lowest BCUT2D eigenvalue weighted by Gasteiger charge is -2.10. The third-order valence-electron chi connectivity index (χ3n) is 2.83. The molecular weight excluding hydrogens is 200 g/mol. The van der Waals surface area contributed by atoms with Crippen molar-refractivity contribution >= 4 is 23.1 Å². The van der Waals surface area contributed by atoms with Gasteiger partial charge in [-0.1, -0.05) is 6.07 Å². The molecule has 3 heteroatoms. The van der Waals surface area contributed by atoms with Crippen LogP contribution >= 0.6 is 0 Å². The smallest absolute Gasteiger partial charge is 0.188 e. The minimum Gasteiger partial charge on any atom is -0.399 e. The molecule has 2 aliphatic carbocycles. The molecular formula is C13H10N2O. The maximum Gasteiger partial charge on any atom is 0.188 e. The van der Waals surface area contributed by atoms with E-state index in [0.717, 1.165) is 16.7 Å². The Hall–Kier alpha value is -2.29. The summed E-state index contributed by atoms with van der Waals surface area (Å²) in [5.41, 5.74) is 16.2. The number of hydrogen-bond acceptors (Lipinski definition) is 3. The third-order valence-corrected chi connectivity index (χ3v) is 2.83. The Bertz CT molecular complexity index is 606. The van der Waals surface area contributed by atoms with Crippen LogP contribution in [0.5, 0.6) is 0 Å². The number of carbonyl (C=O) groups is 1. The molecule has 3 rings (SSSR count). The van der Waals surface area contributed by atoms with Crippen LogP contribution in [0.1, 0.15) is 11.1 Å². The number of fused-ring (bicyclic) bond motifs is 3.